The number of aromatic nitrogens is 1. The first-order valence-corrected chi connectivity index (χ1v) is 9.24. The summed E-state index contributed by atoms with van der Waals surface area (Å²) in [4.78, 5) is 20.7. The Balaban J connectivity index is 1.91. The summed E-state index contributed by atoms with van der Waals surface area (Å²) in [5.41, 5.74) is 6.58. The van der Waals surface area contributed by atoms with Gasteiger partial charge in [-0.15, -0.1) is 0 Å². The van der Waals surface area contributed by atoms with E-state index in [4.69, 9.17) is 11.6 Å². The van der Waals surface area contributed by atoms with Crippen molar-refractivity contribution in [2.75, 3.05) is 5.43 Å². The monoisotopic (exact) mass is 427 g/mol. The zero-order valence-electron chi connectivity index (χ0n) is 16.4. The van der Waals surface area contributed by atoms with Gasteiger partial charge in [-0.1, -0.05) is 17.7 Å². The highest BCUT2D eigenvalue weighted by Crippen LogP contribution is 2.29. The van der Waals surface area contributed by atoms with Gasteiger partial charge in [-0.2, -0.15) is 5.10 Å². The van der Waals surface area contributed by atoms with Crippen molar-refractivity contribution < 1.29 is 9.85 Å². The largest absolute Gasteiger partial charge is 0.318 e. The third-order valence-electron chi connectivity index (χ3n) is 4.66. The van der Waals surface area contributed by atoms with E-state index < -0.39 is 15.5 Å². The Bertz CT molecular complexity index is 1190. The van der Waals surface area contributed by atoms with Crippen LogP contribution in [0.5, 0.6) is 0 Å². The van der Waals surface area contributed by atoms with Crippen molar-refractivity contribution in [1.29, 1.82) is 0 Å². The molecule has 1 N–H and O–H groups in total. The van der Waals surface area contributed by atoms with Crippen LogP contribution in [0.1, 0.15) is 22.5 Å². The van der Waals surface area contributed by atoms with E-state index in [9.17, 15) is 20.2 Å². The Morgan fingerprint density at radius 1 is 1.03 bits per heavy atom. The number of hydrogen-bond donors (Lipinski definition) is 1. The predicted molar refractivity (Wildman–Crippen MR) is 116 cm³/mol. The van der Waals surface area contributed by atoms with E-state index in [1.54, 1.807) is 6.21 Å². The number of halogens is 1. The molecule has 154 valence electrons. The van der Waals surface area contributed by atoms with Crippen LogP contribution in [0.2, 0.25) is 5.02 Å². The van der Waals surface area contributed by atoms with Crippen molar-refractivity contribution in [3.05, 3.63) is 90.2 Å². The summed E-state index contributed by atoms with van der Waals surface area (Å²) in [6.07, 6.45) is 1.55. The molecule has 9 nitrogen and oxygen atoms in total. The summed E-state index contributed by atoms with van der Waals surface area (Å²) in [6.45, 7) is 5.88. The molecule has 1 heterocycles. The fraction of sp³-hybridized carbons (Fsp3) is 0.150. The number of hydrogen-bond acceptors (Lipinski definition) is 6. The lowest BCUT2D eigenvalue weighted by atomic mass is 10.2. The zero-order valence-corrected chi connectivity index (χ0v) is 17.2. The Labute approximate surface area is 176 Å². The van der Waals surface area contributed by atoms with Gasteiger partial charge in [-0.05, 0) is 50.6 Å². The van der Waals surface area contributed by atoms with Crippen molar-refractivity contribution in [1.82, 2.24) is 4.57 Å². The van der Waals surface area contributed by atoms with Crippen molar-refractivity contribution in [2.24, 2.45) is 5.10 Å². The number of nitrogens with zero attached hydrogens (tertiary/aromatic N) is 4. The van der Waals surface area contributed by atoms with Gasteiger partial charge in [0, 0.05) is 33.7 Å². The van der Waals surface area contributed by atoms with E-state index in [0.29, 0.717) is 5.02 Å². The fourth-order valence-corrected chi connectivity index (χ4v) is 3.33. The maximum atomic E-state index is 11.2. The third-order valence-corrected chi connectivity index (χ3v) is 4.89. The number of non-ortho nitro benzene ring substituents is 1. The molecular formula is C20H18ClN5O4. The molecule has 0 fully saturated rings. The van der Waals surface area contributed by atoms with Gasteiger partial charge in [-0.25, -0.2) is 0 Å². The Kier molecular flexibility index (Phi) is 5.84. The lowest BCUT2D eigenvalue weighted by Gasteiger charge is -2.13. The summed E-state index contributed by atoms with van der Waals surface area (Å²) in [6, 6.07) is 10.9. The van der Waals surface area contributed by atoms with Gasteiger partial charge < -0.3 is 4.57 Å². The molecule has 0 atom stereocenters. The maximum Gasteiger partial charge on any atom is 0.301 e. The van der Waals surface area contributed by atoms with Crippen LogP contribution in [-0.2, 0) is 0 Å². The molecule has 0 radical (unpaired) electrons. The maximum absolute atomic E-state index is 11.2. The molecule has 0 saturated heterocycles. The van der Waals surface area contributed by atoms with E-state index >= 15 is 0 Å². The normalized spacial score (nSPS) is 11.1. The molecule has 30 heavy (non-hydrogen) atoms. The molecular weight excluding hydrogens is 410 g/mol. The Morgan fingerprint density at radius 2 is 1.77 bits per heavy atom. The van der Waals surface area contributed by atoms with E-state index in [-0.39, 0.29) is 11.4 Å². The molecule has 0 unspecified atom stereocenters. The van der Waals surface area contributed by atoms with E-state index in [2.05, 4.69) is 15.1 Å². The van der Waals surface area contributed by atoms with Gasteiger partial charge in [0.05, 0.1) is 22.1 Å². The van der Waals surface area contributed by atoms with Crippen molar-refractivity contribution >= 4 is 34.9 Å². The number of rotatable bonds is 6. The van der Waals surface area contributed by atoms with E-state index in [1.807, 2.05) is 45.0 Å². The first kappa shape index (κ1) is 21.0. The van der Waals surface area contributed by atoms with Crippen LogP contribution < -0.4 is 5.43 Å². The molecule has 0 saturated carbocycles. The topological polar surface area (TPSA) is 116 Å². The van der Waals surface area contributed by atoms with Crippen LogP contribution in [0.4, 0.5) is 17.1 Å². The summed E-state index contributed by atoms with van der Waals surface area (Å²) in [7, 11) is 0. The van der Waals surface area contributed by atoms with Crippen molar-refractivity contribution in [3.8, 4) is 5.69 Å². The average molecular weight is 428 g/mol. The molecule has 0 spiro atoms. The molecule has 0 bridgehead atoms. The standard InChI is InChI=1S/C20H18ClN5O4/c1-12-4-5-16(21)9-19(12)24-13(2)8-15(14(24)3)11-22-23-18-7-6-17(25(27)28)10-20(18)26(29)30/h4-11,23H,1-3H3/b22-11-. The molecule has 10 heteroatoms. The third kappa shape index (κ3) is 4.15. The van der Waals surface area contributed by atoms with Gasteiger partial charge in [-0.3, -0.25) is 25.7 Å². The smallest absolute Gasteiger partial charge is 0.301 e. The number of aryl methyl sites for hydroxylation is 2. The summed E-state index contributed by atoms with van der Waals surface area (Å²) in [5, 5.41) is 26.8. The van der Waals surface area contributed by atoms with Crippen LogP contribution in [-0.4, -0.2) is 20.6 Å². The first-order valence-electron chi connectivity index (χ1n) is 8.86. The second-order valence-corrected chi connectivity index (χ2v) is 7.11. The second-order valence-electron chi connectivity index (χ2n) is 6.68. The number of anilines is 1. The molecule has 1 aromatic heterocycles. The molecule has 0 aliphatic carbocycles. The van der Waals surface area contributed by atoms with Gasteiger partial charge in [0.25, 0.3) is 5.69 Å². The number of nitro benzene ring substituents is 2. The minimum atomic E-state index is -0.696. The molecule has 0 aliphatic rings. The van der Waals surface area contributed by atoms with Crippen molar-refractivity contribution in [3.63, 3.8) is 0 Å². The highest BCUT2D eigenvalue weighted by Gasteiger charge is 2.19. The van der Waals surface area contributed by atoms with Crippen LogP contribution >= 0.6 is 11.6 Å². The van der Waals surface area contributed by atoms with Gasteiger partial charge in [0.15, 0.2) is 0 Å². The SMILES string of the molecule is Cc1ccc(Cl)cc1-n1c(C)cc(/C=N\Nc2ccc([N+](=O)[O-])cc2[N+](=O)[O-])c1C. The van der Waals surface area contributed by atoms with Crippen LogP contribution in [0, 0.1) is 41.0 Å². The van der Waals surface area contributed by atoms with Gasteiger partial charge in [0.1, 0.15) is 5.69 Å². The number of nitrogens with one attached hydrogen (secondary N) is 1. The number of nitro groups is 2. The molecule has 2 aromatic carbocycles. The zero-order chi connectivity index (χ0) is 22.0. The van der Waals surface area contributed by atoms with E-state index in [0.717, 1.165) is 34.3 Å². The minimum absolute atomic E-state index is 0.0568. The first-order chi connectivity index (χ1) is 14.2. The van der Waals surface area contributed by atoms with Crippen LogP contribution in [0.15, 0.2) is 47.6 Å². The molecule has 3 rings (SSSR count). The highest BCUT2D eigenvalue weighted by molar-refractivity contribution is 6.30. The fourth-order valence-electron chi connectivity index (χ4n) is 3.16. The molecule has 3 aromatic rings. The highest BCUT2D eigenvalue weighted by atomic mass is 35.5. The van der Waals surface area contributed by atoms with E-state index in [1.165, 1.54) is 12.1 Å². The Morgan fingerprint density at radius 3 is 2.43 bits per heavy atom. The summed E-state index contributed by atoms with van der Waals surface area (Å²) in [5.74, 6) is 0. The second kappa shape index (κ2) is 8.34. The van der Waals surface area contributed by atoms with Crippen LogP contribution in [0.25, 0.3) is 5.69 Å². The van der Waals surface area contributed by atoms with Crippen LogP contribution in [0.3, 0.4) is 0 Å². The predicted octanol–water partition coefficient (Wildman–Crippen LogP) is 5.32. The van der Waals surface area contributed by atoms with Crippen molar-refractivity contribution in [2.45, 2.75) is 20.8 Å². The van der Waals surface area contributed by atoms with Gasteiger partial charge >= 0.3 is 5.69 Å². The lowest BCUT2D eigenvalue weighted by molar-refractivity contribution is -0.393. The average Bonchev–Trinajstić information content (AvgIpc) is 2.97. The number of hydrazone groups is 1. The Hall–Kier alpha value is -3.72. The number of benzene rings is 2. The quantitative estimate of drug-likeness (QED) is 0.324. The van der Waals surface area contributed by atoms with Gasteiger partial charge in [0.2, 0.25) is 0 Å². The molecule has 0 amide bonds. The lowest BCUT2D eigenvalue weighted by Crippen LogP contribution is -2.02. The summed E-state index contributed by atoms with van der Waals surface area (Å²) >= 11 is 6.15. The summed E-state index contributed by atoms with van der Waals surface area (Å²) < 4.78 is 2.05. The minimum Gasteiger partial charge on any atom is -0.318 e. The molecule has 0 aliphatic heterocycles.